The van der Waals surface area contributed by atoms with E-state index in [-0.39, 0.29) is 11.7 Å². The van der Waals surface area contributed by atoms with Gasteiger partial charge in [0.15, 0.2) is 0 Å². The Balaban J connectivity index is 2.67. The Morgan fingerprint density at radius 3 is 2.57 bits per heavy atom. The number of benzene rings is 1. The van der Waals surface area contributed by atoms with Crippen molar-refractivity contribution in [2.24, 2.45) is 0 Å². The molecule has 2 rings (SSSR count). The molecular formula is C16H18FNO2S. The number of hydrogen-bond acceptors (Lipinski definition) is 4. The van der Waals surface area contributed by atoms with Crippen molar-refractivity contribution >= 4 is 23.0 Å². The zero-order valence-electron chi connectivity index (χ0n) is 12.5. The average Bonchev–Trinajstić information content (AvgIpc) is 2.78. The maximum atomic E-state index is 13.4. The van der Waals surface area contributed by atoms with Crippen LogP contribution in [0.3, 0.4) is 0 Å². The number of anilines is 1. The summed E-state index contributed by atoms with van der Waals surface area (Å²) in [5, 5.41) is 0. The first-order chi connectivity index (χ1) is 9.86. The maximum absolute atomic E-state index is 13.4. The van der Waals surface area contributed by atoms with Crippen molar-refractivity contribution < 1.29 is 13.9 Å². The molecule has 0 unspecified atom stereocenters. The second-order valence-electron chi connectivity index (χ2n) is 5.20. The molecule has 112 valence electrons. The van der Waals surface area contributed by atoms with Gasteiger partial charge < -0.3 is 10.5 Å². The highest BCUT2D eigenvalue weighted by Gasteiger charge is 2.24. The first-order valence-electron chi connectivity index (χ1n) is 6.63. The van der Waals surface area contributed by atoms with E-state index in [0.717, 1.165) is 16.0 Å². The van der Waals surface area contributed by atoms with Gasteiger partial charge >= 0.3 is 5.97 Å². The number of carbonyl (C=O) groups is 1. The molecule has 0 aliphatic heterocycles. The van der Waals surface area contributed by atoms with Gasteiger partial charge in [-0.05, 0) is 41.7 Å². The van der Waals surface area contributed by atoms with E-state index in [1.165, 1.54) is 24.5 Å². The number of rotatable bonds is 3. The summed E-state index contributed by atoms with van der Waals surface area (Å²) in [6.07, 6.45) is 0. The summed E-state index contributed by atoms with van der Waals surface area (Å²) in [6, 6.07) is 4.91. The van der Waals surface area contributed by atoms with Crippen molar-refractivity contribution in [2.75, 3.05) is 12.8 Å². The first kappa shape index (κ1) is 15.5. The van der Waals surface area contributed by atoms with Crippen LogP contribution in [-0.2, 0) is 4.74 Å². The molecule has 0 amide bonds. The Bertz CT molecular complexity index is 692. The van der Waals surface area contributed by atoms with E-state index in [1.807, 2.05) is 13.8 Å². The molecule has 3 nitrogen and oxygen atoms in total. The fourth-order valence-corrected chi connectivity index (χ4v) is 3.57. The summed E-state index contributed by atoms with van der Waals surface area (Å²) >= 11 is 1.29. The second kappa shape index (κ2) is 5.85. The van der Waals surface area contributed by atoms with E-state index < -0.39 is 5.97 Å². The highest BCUT2D eigenvalue weighted by Crippen LogP contribution is 2.43. The summed E-state index contributed by atoms with van der Waals surface area (Å²) in [5.74, 6) is -0.535. The molecule has 0 radical (unpaired) electrons. The SMILES string of the molecule is COC(=O)c1sc(-c2ccc(F)c(C)c2)c(C(C)C)c1N. The number of carbonyl (C=O) groups excluding carboxylic acids is 1. The lowest BCUT2D eigenvalue weighted by atomic mass is 9.97. The molecule has 5 heteroatoms. The molecule has 0 atom stereocenters. The number of methoxy groups -OCH3 is 1. The van der Waals surface area contributed by atoms with Crippen molar-refractivity contribution in [3.05, 3.63) is 40.0 Å². The number of thiophene rings is 1. The maximum Gasteiger partial charge on any atom is 0.350 e. The summed E-state index contributed by atoms with van der Waals surface area (Å²) in [6.45, 7) is 5.74. The predicted molar refractivity (Wildman–Crippen MR) is 84.3 cm³/mol. The second-order valence-corrected chi connectivity index (χ2v) is 6.22. The standard InChI is InChI=1S/C16H18FNO2S/c1-8(2)12-13(18)15(16(19)20-4)21-14(12)10-5-6-11(17)9(3)7-10/h5-8H,18H2,1-4H3. The molecular weight excluding hydrogens is 289 g/mol. The van der Waals surface area contributed by atoms with Crippen LogP contribution in [0.4, 0.5) is 10.1 Å². The van der Waals surface area contributed by atoms with Crippen molar-refractivity contribution in [3.8, 4) is 10.4 Å². The largest absolute Gasteiger partial charge is 0.465 e. The van der Waals surface area contributed by atoms with Gasteiger partial charge in [0, 0.05) is 4.88 Å². The van der Waals surface area contributed by atoms with Gasteiger partial charge in [-0.1, -0.05) is 19.9 Å². The van der Waals surface area contributed by atoms with Crippen LogP contribution in [0.2, 0.25) is 0 Å². The highest BCUT2D eigenvalue weighted by atomic mass is 32.1. The van der Waals surface area contributed by atoms with Crippen LogP contribution in [0.15, 0.2) is 18.2 Å². The fourth-order valence-electron chi connectivity index (χ4n) is 2.27. The molecule has 0 spiro atoms. The lowest BCUT2D eigenvalue weighted by Gasteiger charge is -2.09. The smallest absolute Gasteiger partial charge is 0.350 e. The number of nitrogens with two attached hydrogens (primary N) is 1. The van der Waals surface area contributed by atoms with E-state index in [2.05, 4.69) is 0 Å². The van der Waals surface area contributed by atoms with Gasteiger partial charge in [-0.15, -0.1) is 11.3 Å². The van der Waals surface area contributed by atoms with Gasteiger partial charge in [0.05, 0.1) is 12.8 Å². The van der Waals surface area contributed by atoms with Crippen molar-refractivity contribution in [1.29, 1.82) is 0 Å². The molecule has 1 aromatic carbocycles. The van der Waals surface area contributed by atoms with Crippen LogP contribution >= 0.6 is 11.3 Å². The summed E-state index contributed by atoms with van der Waals surface area (Å²) in [4.78, 5) is 13.1. The normalized spacial score (nSPS) is 11.0. The minimum atomic E-state index is -0.440. The zero-order valence-corrected chi connectivity index (χ0v) is 13.3. The molecule has 0 aliphatic rings. The van der Waals surface area contributed by atoms with E-state index >= 15 is 0 Å². The summed E-state index contributed by atoms with van der Waals surface area (Å²) in [5.41, 5.74) is 8.92. The molecule has 0 fully saturated rings. The first-order valence-corrected chi connectivity index (χ1v) is 7.45. The third-order valence-corrected chi connectivity index (χ3v) is 4.60. The van der Waals surface area contributed by atoms with Gasteiger partial charge in [-0.25, -0.2) is 9.18 Å². The lowest BCUT2D eigenvalue weighted by molar-refractivity contribution is 0.0607. The number of esters is 1. The molecule has 2 aromatic rings. The molecule has 0 aliphatic carbocycles. The van der Waals surface area contributed by atoms with E-state index in [4.69, 9.17) is 10.5 Å². The Labute approximate surface area is 127 Å². The van der Waals surface area contributed by atoms with Crippen LogP contribution in [0, 0.1) is 12.7 Å². The van der Waals surface area contributed by atoms with Crippen molar-refractivity contribution in [1.82, 2.24) is 0 Å². The third kappa shape index (κ3) is 2.78. The predicted octanol–water partition coefficient (Wildman–Crippen LogP) is 4.35. The molecule has 21 heavy (non-hydrogen) atoms. The topological polar surface area (TPSA) is 52.3 Å². The van der Waals surface area contributed by atoms with Gasteiger partial charge in [0.1, 0.15) is 10.7 Å². The van der Waals surface area contributed by atoms with Gasteiger partial charge in [-0.3, -0.25) is 0 Å². The van der Waals surface area contributed by atoms with Crippen LogP contribution in [-0.4, -0.2) is 13.1 Å². The Morgan fingerprint density at radius 2 is 2.05 bits per heavy atom. The molecule has 0 saturated carbocycles. The highest BCUT2D eigenvalue weighted by molar-refractivity contribution is 7.18. The van der Waals surface area contributed by atoms with Crippen LogP contribution in [0.25, 0.3) is 10.4 Å². The van der Waals surface area contributed by atoms with E-state index in [0.29, 0.717) is 16.1 Å². The minimum absolute atomic E-state index is 0.153. The van der Waals surface area contributed by atoms with Gasteiger partial charge in [-0.2, -0.15) is 0 Å². The Hall–Kier alpha value is -1.88. The molecule has 0 bridgehead atoms. The van der Waals surface area contributed by atoms with Crippen LogP contribution in [0.5, 0.6) is 0 Å². The number of aryl methyl sites for hydroxylation is 1. The quantitative estimate of drug-likeness (QED) is 0.857. The molecule has 0 saturated heterocycles. The van der Waals surface area contributed by atoms with Crippen LogP contribution < -0.4 is 5.73 Å². The monoisotopic (exact) mass is 307 g/mol. The minimum Gasteiger partial charge on any atom is -0.465 e. The number of hydrogen-bond donors (Lipinski definition) is 1. The third-order valence-electron chi connectivity index (χ3n) is 3.35. The molecule has 1 heterocycles. The number of nitrogen functional groups attached to an aromatic ring is 1. The average molecular weight is 307 g/mol. The molecule has 1 aromatic heterocycles. The number of halogens is 1. The Morgan fingerprint density at radius 1 is 1.38 bits per heavy atom. The summed E-state index contributed by atoms with van der Waals surface area (Å²) < 4.78 is 18.2. The van der Waals surface area contributed by atoms with Crippen LogP contribution in [0.1, 0.15) is 40.6 Å². The summed E-state index contributed by atoms with van der Waals surface area (Å²) in [7, 11) is 1.33. The van der Waals surface area contributed by atoms with Gasteiger partial charge in [0.2, 0.25) is 0 Å². The number of ether oxygens (including phenoxy) is 1. The van der Waals surface area contributed by atoms with E-state index in [1.54, 1.807) is 19.1 Å². The van der Waals surface area contributed by atoms with E-state index in [9.17, 15) is 9.18 Å². The van der Waals surface area contributed by atoms with Crippen molar-refractivity contribution in [3.63, 3.8) is 0 Å². The van der Waals surface area contributed by atoms with Gasteiger partial charge in [0.25, 0.3) is 0 Å². The molecule has 2 N–H and O–H groups in total. The Kier molecular flexibility index (Phi) is 4.32. The fraction of sp³-hybridized carbons (Fsp3) is 0.312. The lowest BCUT2D eigenvalue weighted by Crippen LogP contribution is -2.03. The zero-order chi connectivity index (χ0) is 15.7. The van der Waals surface area contributed by atoms with Crippen molar-refractivity contribution in [2.45, 2.75) is 26.7 Å².